The van der Waals surface area contributed by atoms with E-state index in [0.717, 1.165) is 15.6 Å². The molecule has 6 nitrogen and oxygen atoms in total. The van der Waals surface area contributed by atoms with E-state index in [4.69, 9.17) is 16.1 Å². The van der Waals surface area contributed by atoms with E-state index >= 15 is 0 Å². The lowest BCUT2D eigenvalue weighted by molar-refractivity contribution is 0.102. The van der Waals surface area contributed by atoms with Crippen LogP contribution in [-0.4, -0.2) is 21.0 Å². The molecule has 0 aliphatic rings. The number of halogens is 2. The van der Waals surface area contributed by atoms with E-state index in [1.807, 2.05) is 36.4 Å². The standard InChI is InChI=1S/C21H14BrClN4O2/c22-15-7-8-17(23)16(11-15)21(28)25-18-6-2-1-4-13(18)10-19-26-20(27-29-19)14-5-3-9-24-12-14/h1-9,11-12H,10H2,(H,25,28). The fraction of sp³-hybridized carbons (Fsp3) is 0.0476. The molecule has 0 spiro atoms. The van der Waals surface area contributed by atoms with Crippen molar-refractivity contribution in [2.45, 2.75) is 6.42 Å². The number of anilines is 1. The van der Waals surface area contributed by atoms with E-state index in [1.165, 1.54) is 0 Å². The van der Waals surface area contributed by atoms with Gasteiger partial charge in [-0.2, -0.15) is 4.98 Å². The maximum absolute atomic E-state index is 12.7. The van der Waals surface area contributed by atoms with Crippen LogP contribution in [0, 0.1) is 0 Å². The number of amides is 1. The number of aromatic nitrogens is 3. The first-order valence-electron chi connectivity index (χ1n) is 8.67. The lowest BCUT2D eigenvalue weighted by Gasteiger charge is -2.11. The highest BCUT2D eigenvalue weighted by Crippen LogP contribution is 2.24. The number of hydrogen-bond acceptors (Lipinski definition) is 5. The second-order valence-corrected chi connectivity index (χ2v) is 7.49. The molecule has 4 rings (SSSR count). The highest BCUT2D eigenvalue weighted by molar-refractivity contribution is 9.10. The van der Waals surface area contributed by atoms with E-state index in [-0.39, 0.29) is 5.91 Å². The van der Waals surface area contributed by atoms with Crippen molar-refractivity contribution in [3.8, 4) is 11.4 Å². The molecule has 144 valence electrons. The lowest BCUT2D eigenvalue weighted by Crippen LogP contribution is -2.14. The van der Waals surface area contributed by atoms with Crippen molar-refractivity contribution in [1.82, 2.24) is 15.1 Å². The molecule has 29 heavy (non-hydrogen) atoms. The molecule has 1 N–H and O–H groups in total. The minimum atomic E-state index is -0.301. The highest BCUT2D eigenvalue weighted by atomic mass is 79.9. The third-order valence-electron chi connectivity index (χ3n) is 4.17. The summed E-state index contributed by atoms with van der Waals surface area (Å²) in [5, 5.41) is 7.29. The normalized spacial score (nSPS) is 10.7. The zero-order valence-electron chi connectivity index (χ0n) is 15.0. The molecule has 2 heterocycles. The van der Waals surface area contributed by atoms with Crippen LogP contribution in [0.15, 0.2) is 76.0 Å². The number of nitrogens with zero attached hydrogens (tertiary/aromatic N) is 3. The lowest BCUT2D eigenvalue weighted by atomic mass is 10.1. The van der Waals surface area contributed by atoms with E-state index < -0.39 is 0 Å². The molecule has 1 amide bonds. The van der Waals surface area contributed by atoms with Crippen molar-refractivity contribution in [2.75, 3.05) is 5.32 Å². The first kappa shape index (κ1) is 19.3. The van der Waals surface area contributed by atoms with Gasteiger partial charge in [-0.1, -0.05) is 50.9 Å². The average molecular weight is 470 g/mol. The van der Waals surface area contributed by atoms with Crippen molar-refractivity contribution in [3.63, 3.8) is 0 Å². The van der Waals surface area contributed by atoms with Crippen LogP contribution in [-0.2, 0) is 6.42 Å². The van der Waals surface area contributed by atoms with Crippen LogP contribution in [0.1, 0.15) is 21.8 Å². The van der Waals surface area contributed by atoms with Gasteiger partial charge < -0.3 is 9.84 Å². The van der Waals surface area contributed by atoms with Crippen molar-refractivity contribution < 1.29 is 9.32 Å². The molecule has 0 aliphatic heterocycles. The Bertz CT molecular complexity index is 1160. The molecular formula is C21H14BrClN4O2. The first-order valence-corrected chi connectivity index (χ1v) is 9.84. The van der Waals surface area contributed by atoms with Crippen LogP contribution in [0.3, 0.4) is 0 Å². The minimum Gasteiger partial charge on any atom is -0.339 e. The molecule has 8 heteroatoms. The van der Waals surface area contributed by atoms with Crippen LogP contribution in [0.2, 0.25) is 5.02 Å². The summed E-state index contributed by atoms with van der Waals surface area (Å²) in [6.45, 7) is 0. The summed E-state index contributed by atoms with van der Waals surface area (Å²) in [4.78, 5) is 21.2. The van der Waals surface area contributed by atoms with Crippen LogP contribution in [0.4, 0.5) is 5.69 Å². The molecule has 2 aromatic heterocycles. The second kappa shape index (κ2) is 8.55. The van der Waals surface area contributed by atoms with E-state index in [9.17, 15) is 4.79 Å². The van der Waals surface area contributed by atoms with E-state index in [2.05, 4.69) is 36.4 Å². The number of benzene rings is 2. The second-order valence-electron chi connectivity index (χ2n) is 6.17. The Hall–Kier alpha value is -3.03. The summed E-state index contributed by atoms with van der Waals surface area (Å²) in [5.41, 5.74) is 2.64. The van der Waals surface area contributed by atoms with Gasteiger partial charge in [0.1, 0.15) is 0 Å². The van der Waals surface area contributed by atoms with Gasteiger partial charge in [-0.3, -0.25) is 9.78 Å². The topological polar surface area (TPSA) is 80.9 Å². The Labute approximate surface area is 180 Å². The van der Waals surface area contributed by atoms with Gasteiger partial charge in [-0.25, -0.2) is 0 Å². The Balaban J connectivity index is 1.55. The maximum atomic E-state index is 12.7. The minimum absolute atomic E-state index is 0.301. The van der Waals surface area contributed by atoms with Gasteiger partial charge in [0.2, 0.25) is 11.7 Å². The summed E-state index contributed by atoms with van der Waals surface area (Å²) in [6, 6.07) is 16.2. The van der Waals surface area contributed by atoms with Crippen molar-refractivity contribution >= 4 is 39.1 Å². The van der Waals surface area contributed by atoms with Gasteiger partial charge in [0.25, 0.3) is 5.91 Å². The molecule has 0 aliphatic carbocycles. The van der Waals surface area contributed by atoms with Crippen LogP contribution in [0.5, 0.6) is 0 Å². The van der Waals surface area contributed by atoms with Gasteiger partial charge in [0.15, 0.2) is 0 Å². The number of rotatable bonds is 5. The van der Waals surface area contributed by atoms with Crippen LogP contribution in [0.25, 0.3) is 11.4 Å². The summed E-state index contributed by atoms with van der Waals surface area (Å²) >= 11 is 9.53. The molecular weight excluding hydrogens is 456 g/mol. The Kier molecular flexibility index (Phi) is 5.69. The monoisotopic (exact) mass is 468 g/mol. The Morgan fingerprint density at radius 3 is 2.83 bits per heavy atom. The highest BCUT2D eigenvalue weighted by Gasteiger charge is 2.15. The fourth-order valence-electron chi connectivity index (χ4n) is 2.76. The number of nitrogens with one attached hydrogen (secondary N) is 1. The Morgan fingerprint density at radius 1 is 1.14 bits per heavy atom. The number of pyridine rings is 1. The number of para-hydroxylation sites is 1. The fourth-order valence-corrected chi connectivity index (χ4v) is 3.32. The molecule has 0 saturated carbocycles. The molecule has 0 fully saturated rings. The molecule has 0 saturated heterocycles. The number of hydrogen-bond donors (Lipinski definition) is 1. The molecule has 0 atom stereocenters. The van der Waals surface area contributed by atoms with Crippen molar-refractivity contribution in [3.05, 3.63) is 93.5 Å². The molecule has 0 radical (unpaired) electrons. The van der Waals surface area contributed by atoms with Crippen LogP contribution < -0.4 is 5.32 Å². The summed E-state index contributed by atoms with van der Waals surface area (Å²) in [5.74, 6) is 0.604. The number of carbonyl (C=O) groups excluding carboxylic acids is 1. The third kappa shape index (κ3) is 4.52. The molecule has 0 unspecified atom stereocenters. The van der Waals surface area contributed by atoms with Gasteiger partial charge >= 0.3 is 0 Å². The summed E-state index contributed by atoms with van der Waals surface area (Å²) in [6.07, 6.45) is 3.72. The summed E-state index contributed by atoms with van der Waals surface area (Å²) in [7, 11) is 0. The predicted octanol–water partition coefficient (Wildman–Crippen LogP) is 5.39. The Morgan fingerprint density at radius 2 is 2.00 bits per heavy atom. The molecule has 0 bridgehead atoms. The zero-order chi connectivity index (χ0) is 20.2. The van der Waals surface area contributed by atoms with E-state index in [0.29, 0.717) is 34.4 Å². The average Bonchev–Trinajstić information content (AvgIpc) is 3.20. The third-order valence-corrected chi connectivity index (χ3v) is 4.99. The predicted molar refractivity (Wildman–Crippen MR) is 114 cm³/mol. The van der Waals surface area contributed by atoms with Gasteiger partial charge in [-0.05, 0) is 42.0 Å². The van der Waals surface area contributed by atoms with Crippen molar-refractivity contribution in [1.29, 1.82) is 0 Å². The number of carbonyl (C=O) groups is 1. The SMILES string of the molecule is O=C(Nc1ccccc1Cc1nc(-c2cccnc2)no1)c1cc(Br)ccc1Cl. The largest absolute Gasteiger partial charge is 0.339 e. The molecule has 2 aromatic carbocycles. The quantitative estimate of drug-likeness (QED) is 0.424. The zero-order valence-corrected chi connectivity index (χ0v) is 17.3. The van der Waals surface area contributed by atoms with Gasteiger partial charge in [-0.15, -0.1) is 0 Å². The van der Waals surface area contributed by atoms with E-state index in [1.54, 1.807) is 30.6 Å². The summed E-state index contributed by atoms with van der Waals surface area (Å²) < 4.78 is 6.15. The van der Waals surface area contributed by atoms with Crippen LogP contribution >= 0.6 is 27.5 Å². The van der Waals surface area contributed by atoms with Gasteiger partial charge in [0.05, 0.1) is 17.0 Å². The smallest absolute Gasteiger partial charge is 0.257 e. The maximum Gasteiger partial charge on any atom is 0.257 e. The van der Waals surface area contributed by atoms with Crippen molar-refractivity contribution in [2.24, 2.45) is 0 Å². The van der Waals surface area contributed by atoms with Gasteiger partial charge in [0, 0.05) is 28.1 Å². The first-order chi connectivity index (χ1) is 14.1. The molecule has 4 aromatic rings.